The van der Waals surface area contributed by atoms with Crippen LogP contribution in [-0.2, 0) is 11.0 Å². The number of amides is 1. The van der Waals surface area contributed by atoms with Gasteiger partial charge < -0.3 is 10.2 Å². The van der Waals surface area contributed by atoms with E-state index in [1.807, 2.05) is 0 Å². The van der Waals surface area contributed by atoms with Gasteiger partial charge in [-0.1, -0.05) is 12.8 Å². The Kier molecular flexibility index (Phi) is 4.75. The summed E-state index contributed by atoms with van der Waals surface area (Å²) in [4.78, 5) is 13.3. The summed E-state index contributed by atoms with van der Waals surface area (Å²) in [5, 5.41) is 2.52. The van der Waals surface area contributed by atoms with Crippen LogP contribution >= 0.6 is 0 Å². The zero-order chi connectivity index (χ0) is 15.5. The highest BCUT2D eigenvalue weighted by atomic mass is 19.4. The van der Waals surface area contributed by atoms with Gasteiger partial charge in [0.25, 0.3) is 0 Å². The second kappa shape index (κ2) is 6.37. The van der Waals surface area contributed by atoms with Gasteiger partial charge in [0, 0.05) is 20.0 Å². The average Bonchev–Trinajstić information content (AvgIpc) is 2.65. The summed E-state index contributed by atoms with van der Waals surface area (Å²) in [5.74, 6) is -0.370. The van der Waals surface area contributed by atoms with Crippen molar-refractivity contribution in [2.75, 3.05) is 23.3 Å². The third kappa shape index (κ3) is 4.12. The Morgan fingerprint density at radius 1 is 1.14 bits per heavy atom. The molecule has 1 N–H and O–H groups in total. The van der Waals surface area contributed by atoms with E-state index in [-0.39, 0.29) is 11.6 Å². The summed E-state index contributed by atoms with van der Waals surface area (Å²) in [6.07, 6.45) is -0.120. The molecular formula is C15H19F3N2O. The fourth-order valence-electron chi connectivity index (χ4n) is 2.59. The summed E-state index contributed by atoms with van der Waals surface area (Å²) in [6, 6.07) is 3.55. The molecule has 0 spiro atoms. The molecule has 1 saturated heterocycles. The normalized spacial score (nSPS) is 16.5. The Labute approximate surface area is 122 Å². The molecule has 116 valence electrons. The third-order valence-corrected chi connectivity index (χ3v) is 3.58. The Morgan fingerprint density at radius 2 is 1.76 bits per heavy atom. The maximum Gasteiger partial charge on any atom is 0.416 e. The first-order valence-corrected chi connectivity index (χ1v) is 7.12. The zero-order valence-corrected chi connectivity index (χ0v) is 12.0. The van der Waals surface area contributed by atoms with E-state index in [9.17, 15) is 18.0 Å². The minimum Gasteiger partial charge on any atom is -0.370 e. The maximum atomic E-state index is 12.8. The van der Waals surface area contributed by atoms with Gasteiger partial charge >= 0.3 is 6.18 Å². The first kappa shape index (κ1) is 15.7. The first-order chi connectivity index (χ1) is 9.88. The molecule has 6 heteroatoms. The van der Waals surface area contributed by atoms with E-state index < -0.39 is 11.7 Å². The van der Waals surface area contributed by atoms with E-state index in [0.29, 0.717) is 5.69 Å². The van der Waals surface area contributed by atoms with Crippen LogP contribution in [0.2, 0.25) is 0 Å². The Bertz CT molecular complexity index is 506. The highest BCUT2D eigenvalue weighted by Gasteiger charge is 2.31. The summed E-state index contributed by atoms with van der Waals surface area (Å²) in [7, 11) is 0. The summed E-state index contributed by atoms with van der Waals surface area (Å²) in [5.41, 5.74) is 0.157. The zero-order valence-electron chi connectivity index (χ0n) is 12.0. The molecule has 1 aliphatic heterocycles. The lowest BCUT2D eigenvalue weighted by atomic mass is 10.1. The lowest BCUT2D eigenvalue weighted by Crippen LogP contribution is -2.25. The molecule has 1 aliphatic rings. The van der Waals surface area contributed by atoms with Crippen LogP contribution < -0.4 is 10.2 Å². The number of halogens is 3. The van der Waals surface area contributed by atoms with E-state index in [4.69, 9.17) is 0 Å². The highest BCUT2D eigenvalue weighted by molar-refractivity contribution is 5.93. The monoisotopic (exact) mass is 300 g/mol. The smallest absolute Gasteiger partial charge is 0.370 e. The molecule has 1 aromatic carbocycles. The number of nitrogens with zero attached hydrogens (tertiary/aromatic N) is 1. The van der Waals surface area contributed by atoms with E-state index in [1.165, 1.54) is 13.0 Å². The topological polar surface area (TPSA) is 32.3 Å². The van der Waals surface area contributed by atoms with Gasteiger partial charge in [0.05, 0.1) is 16.9 Å². The number of nitrogens with one attached hydrogen (secondary N) is 1. The van der Waals surface area contributed by atoms with E-state index >= 15 is 0 Å². The Hall–Kier alpha value is -1.72. The number of carbonyl (C=O) groups is 1. The number of rotatable bonds is 2. The average molecular weight is 300 g/mol. The molecule has 0 aromatic heterocycles. The van der Waals surface area contributed by atoms with Crippen LogP contribution in [0.5, 0.6) is 0 Å². The Morgan fingerprint density at radius 3 is 2.29 bits per heavy atom. The van der Waals surface area contributed by atoms with Gasteiger partial charge in [-0.25, -0.2) is 0 Å². The lowest BCUT2D eigenvalue weighted by Gasteiger charge is -2.26. The van der Waals surface area contributed by atoms with Crippen LogP contribution in [0.3, 0.4) is 0 Å². The van der Waals surface area contributed by atoms with Crippen LogP contribution in [0.15, 0.2) is 18.2 Å². The SMILES string of the molecule is CC(=O)Nc1cc(C(F)(F)F)ccc1N1CCCCCC1. The molecule has 1 amide bonds. The van der Waals surface area contributed by atoms with Crippen molar-refractivity contribution < 1.29 is 18.0 Å². The molecule has 0 saturated carbocycles. The minimum atomic E-state index is -4.41. The van der Waals surface area contributed by atoms with Crippen LogP contribution in [0.25, 0.3) is 0 Å². The van der Waals surface area contributed by atoms with Crippen LogP contribution in [0.4, 0.5) is 24.5 Å². The molecule has 0 aliphatic carbocycles. The predicted octanol–water partition coefficient (Wildman–Crippen LogP) is 4.04. The summed E-state index contributed by atoms with van der Waals surface area (Å²) >= 11 is 0. The highest BCUT2D eigenvalue weighted by Crippen LogP contribution is 2.36. The van der Waals surface area contributed by atoms with Gasteiger partial charge in [-0.05, 0) is 31.0 Å². The molecular weight excluding hydrogens is 281 g/mol. The molecule has 0 bridgehead atoms. The molecule has 3 nitrogen and oxygen atoms in total. The van der Waals surface area contributed by atoms with E-state index in [1.54, 1.807) is 0 Å². The quantitative estimate of drug-likeness (QED) is 0.894. The Balaban J connectivity index is 2.36. The molecule has 0 atom stereocenters. The number of carbonyl (C=O) groups excluding carboxylic acids is 1. The van der Waals surface area contributed by atoms with Crippen molar-refractivity contribution in [3.8, 4) is 0 Å². The van der Waals surface area contributed by atoms with Crippen molar-refractivity contribution in [3.05, 3.63) is 23.8 Å². The van der Waals surface area contributed by atoms with Gasteiger partial charge in [-0.2, -0.15) is 13.2 Å². The van der Waals surface area contributed by atoms with Gasteiger partial charge in [0.1, 0.15) is 0 Å². The lowest BCUT2D eigenvalue weighted by molar-refractivity contribution is -0.137. The second-order valence-electron chi connectivity index (χ2n) is 5.31. The van der Waals surface area contributed by atoms with Crippen molar-refractivity contribution in [1.29, 1.82) is 0 Å². The number of alkyl halides is 3. The fourth-order valence-corrected chi connectivity index (χ4v) is 2.59. The fraction of sp³-hybridized carbons (Fsp3) is 0.533. The molecule has 21 heavy (non-hydrogen) atoms. The van der Waals surface area contributed by atoms with Crippen molar-refractivity contribution in [2.45, 2.75) is 38.8 Å². The molecule has 0 unspecified atom stereocenters. The molecule has 1 aromatic rings. The van der Waals surface area contributed by atoms with Gasteiger partial charge in [-0.15, -0.1) is 0 Å². The molecule has 0 radical (unpaired) electrons. The number of anilines is 2. The van der Waals surface area contributed by atoms with Crippen molar-refractivity contribution >= 4 is 17.3 Å². The third-order valence-electron chi connectivity index (χ3n) is 3.58. The first-order valence-electron chi connectivity index (χ1n) is 7.12. The standard InChI is InChI=1S/C15H19F3N2O/c1-11(21)19-13-10-12(15(16,17)18)6-7-14(13)20-8-4-2-3-5-9-20/h6-7,10H,2-5,8-9H2,1H3,(H,19,21). The summed E-state index contributed by atoms with van der Waals surface area (Å²) in [6.45, 7) is 2.91. The molecule has 1 fully saturated rings. The minimum absolute atomic E-state index is 0.235. The molecule has 1 heterocycles. The maximum absolute atomic E-state index is 12.8. The van der Waals surface area contributed by atoms with E-state index in [0.717, 1.165) is 50.9 Å². The van der Waals surface area contributed by atoms with Gasteiger partial charge in [0.2, 0.25) is 5.91 Å². The van der Waals surface area contributed by atoms with Crippen LogP contribution in [0.1, 0.15) is 38.2 Å². The molecule has 2 rings (SSSR count). The number of hydrogen-bond donors (Lipinski definition) is 1. The van der Waals surface area contributed by atoms with Crippen molar-refractivity contribution in [1.82, 2.24) is 0 Å². The van der Waals surface area contributed by atoms with E-state index in [2.05, 4.69) is 10.2 Å². The van der Waals surface area contributed by atoms with Crippen LogP contribution in [-0.4, -0.2) is 19.0 Å². The number of benzene rings is 1. The largest absolute Gasteiger partial charge is 0.416 e. The van der Waals surface area contributed by atoms with Crippen molar-refractivity contribution in [2.24, 2.45) is 0 Å². The number of hydrogen-bond acceptors (Lipinski definition) is 2. The summed E-state index contributed by atoms with van der Waals surface area (Å²) < 4.78 is 38.5. The van der Waals surface area contributed by atoms with Gasteiger partial charge in [-0.3, -0.25) is 4.79 Å². The van der Waals surface area contributed by atoms with Gasteiger partial charge in [0.15, 0.2) is 0 Å². The van der Waals surface area contributed by atoms with Crippen molar-refractivity contribution in [3.63, 3.8) is 0 Å². The van der Waals surface area contributed by atoms with Crippen LogP contribution in [0, 0.1) is 0 Å². The second-order valence-corrected chi connectivity index (χ2v) is 5.31. The predicted molar refractivity (Wildman–Crippen MR) is 76.4 cm³/mol.